The zero-order valence-corrected chi connectivity index (χ0v) is 12.0. The molecule has 0 atom stereocenters. The standard InChI is InChI=1S/C15H15FN4O2/c1-22-13-12(17-8-9-18-13)19-20-14(21)15(6-7-15)10-2-4-11(16)5-3-10/h2-5,8-9H,6-7H2,1H3,(H,17,19)(H,20,21). The molecule has 0 spiro atoms. The maximum atomic E-state index is 13.0. The molecule has 3 rings (SSSR count). The molecule has 0 unspecified atom stereocenters. The van der Waals surface area contributed by atoms with Gasteiger partial charge in [-0.3, -0.25) is 15.6 Å². The van der Waals surface area contributed by atoms with E-state index in [0.29, 0.717) is 5.82 Å². The first-order valence-corrected chi connectivity index (χ1v) is 6.83. The van der Waals surface area contributed by atoms with E-state index in [0.717, 1.165) is 18.4 Å². The minimum atomic E-state index is -0.601. The van der Waals surface area contributed by atoms with E-state index >= 15 is 0 Å². The second-order valence-electron chi connectivity index (χ2n) is 5.08. The van der Waals surface area contributed by atoms with Crippen LogP contribution in [-0.4, -0.2) is 23.0 Å². The van der Waals surface area contributed by atoms with E-state index in [4.69, 9.17) is 4.74 Å². The van der Waals surface area contributed by atoms with Gasteiger partial charge in [-0.25, -0.2) is 14.4 Å². The largest absolute Gasteiger partial charge is 0.478 e. The van der Waals surface area contributed by atoms with Crippen LogP contribution in [0.1, 0.15) is 18.4 Å². The average Bonchev–Trinajstić information content (AvgIpc) is 3.35. The number of hydrogen-bond donors (Lipinski definition) is 2. The highest BCUT2D eigenvalue weighted by Gasteiger charge is 2.51. The number of rotatable bonds is 5. The monoisotopic (exact) mass is 302 g/mol. The molecule has 0 aliphatic heterocycles. The van der Waals surface area contributed by atoms with Gasteiger partial charge in [0.1, 0.15) is 5.82 Å². The molecular formula is C15H15FN4O2. The highest BCUT2D eigenvalue weighted by Crippen LogP contribution is 2.48. The van der Waals surface area contributed by atoms with Crippen molar-refractivity contribution in [2.24, 2.45) is 0 Å². The Balaban J connectivity index is 1.71. The third-order valence-corrected chi connectivity index (χ3v) is 3.73. The van der Waals surface area contributed by atoms with Crippen LogP contribution in [0.3, 0.4) is 0 Å². The van der Waals surface area contributed by atoms with Crippen molar-refractivity contribution in [2.45, 2.75) is 18.3 Å². The molecule has 1 aromatic heterocycles. The average molecular weight is 302 g/mol. The second-order valence-corrected chi connectivity index (χ2v) is 5.08. The number of hydrazine groups is 1. The van der Waals surface area contributed by atoms with Crippen LogP contribution >= 0.6 is 0 Å². The van der Waals surface area contributed by atoms with Crippen LogP contribution in [0, 0.1) is 5.82 Å². The Morgan fingerprint density at radius 3 is 2.55 bits per heavy atom. The van der Waals surface area contributed by atoms with Gasteiger partial charge in [-0.15, -0.1) is 0 Å². The summed E-state index contributed by atoms with van der Waals surface area (Å²) in [5.41, 5.74) is 5.55. The smallest absolute Gasteiger partial charge is 0.258 e. The summed E-state index contributed by atoms with van der Waals surface area (Å²) in [5.74, 6) is 0.108. The fourth-order valence-electron chi connectivity index (χ4n) is 2.34. The van der Waals surface area contributed by atoms with Crippen molar-refractivity contribution >= 4 is 11.7 Å². The predicted molar refractivity (Wildman–Crippen MR) is 77.7 cm³/mol. The molecule has 1 aliphatic rings. The van der Waals surface area contributed by atoms with E-state index in [9.17, 15) is 9.18 Å². The molecule has 1 heterocycles. The molecule has 0 saturated heterocycles. The van der Waals surface area contributed by atoms with Crippen molar-refractivity contribution in [3.8, 4) is 5.88 Å². The summed E-state index contributed by atoms with van der Waals surface area (Å²) in [7, 11) is 1.47. The first-order valence-electron chi connectivity index (χ1n) is 6.83. The van der Waals surface area contributed by atoms with Crippen LogP contribution in [-0.2, 0) is 10.2 Å². The number of carbonyl (C=O) groups is 1. The molecule has 1 saturated carbocycles. The Hall–Kier alpha value is -2.70. The third kappa shape index (κ3) is 2.57. The summed E-state index contributed by atoms with van der Waals surface area (Å²) in [5, 5.41) is 0. The number of nitrogens with zero attached hydrogens (tertiary/aromatic N) is 2. The van der Waals surface area contributed by atoms with E-state index in [2.05, 4.69) is 20.8 Å². The summed E-state index contributed by atoms with van der Waals surface area (Å²) >= 11 is 0. The number of halogens is 1. The van der Waals surface area contributed by atoms with Crippen LogP contribution in [0.15, 0.2) is 36.7 Å². The normalized spacial score (nSPS) is 15.0. The topological polar surface area (TPSA) is 76.1 Å². The molecule has 0 radical (unpaired) electrons. The van der Waals surface area contributed by atoms with Crippen molar-refractivity contribution < 1.29 is 13.9 Å². The van der Waals surface area contributed by atoms with Crippen molar-refractivity contribution in [1.82, 2.24) is 15.4 Å². The molecule has 7 heteroatoms. The Bertz CT molecular complexity index is 686. The number of methoxy groups -OCH3 is 1. The third-order valence-electron chi connectivity index (χ3n) is 3.73. The maximum Gasteiger partial charge on any atom is 0.258 e. The van der Waals surface area contributed by atoms with Crippen LogP contribution in [0.4, 0.5) is 10.2 Å². The summed E-state index contributed by atoms with van der Waals surface area (Å²) < 4.78 is 18.1. The number of amides is 1. The van der Waals surface area contributed by atoms with Crippen molar-refractivity contribution in [3.05, 3.63) is 48.0 Å². The quantitative estimate of drug-likeness (QED) is 0.824. The molecule has 22 heavy (non-hydrogen) atoms. The summed E-state index contributed by atoms with van der Waals surface area (Å²) in [4.78, 5) is 20.5. The fourth-order valence-corrected chi connectivity index (χ4v) is 2.34. The predicted octanol–water partition coefficient (Wildman–Crippen LogP) is 1.80. The van der Waals surface area contributed by atoms with Gasteiger partial charge in [0.05, 0.1) is 12.5 Å². The molecule has 6 nitrogen and oxygen atoms in total. The van der Waals surface area contributed by atoms with E-state index in [-0.39, 0.29) is 17.6 Å². The Labute approximate surface area is 126 Å². The van der Waals surface area contributed by atoms with Gasteiger partial charge < -0.3 is 4.74 Å². The fraction of sp³-hybridized carbons (Fsp3) is 0.267. The molecule has 1 fully saturated rings. The molecule has 1 aliphatic carbocycles. The van der Waals surface area contributed by atoms with Crippen LogP contribution in [0.2, 0.25) is 0 Å². The Morgan fingerprint density at radius 1 is 1.23 bits per heavy atom. The molecule has 2 aromatic rings. The molecule has 1 amide bonds. The molecular weight excluding hydrogens is 287 g/mol. The lowest BCUT2D eigenvalue weighted by atomic mass is 9.95. The molecule has 0 bridgehead atoms. The van der Waals surface area contributed by atoms with Gasteiger partial charge in [-0.2, -0.15) is 0 Å². The number of benzene rings is 1. The van der Waals surface area contributed by atoms with Gasteiger partial charge in [-0.1, -0.05) is 12.1 Å². The Morgan fingerprint density at radius 2 is 1.91 bits per heavy atom. The van der Waals surface area contributed by atoms with Crippen LogP contribution in [0.5, 0.6) is 5.88 Å². The highest BCUT2D eigenvalue weighted by atomic mass is 19.1. The number of aromatic nitrogens is 2. The number of hydrogen-bond acceptors (Lipinski definition) is 5. The number of ether oxygens (including phenoxy) is 1. The van der Waals surface area contributed by atoms with Crippen LogP contribution in [0.25, 0.3) is 0 Å². The summed E-state index contributed by atoms with van der Waals surface area (Å²) in [6.45, 7) is 0. The summed E-state index contributed by atoms with van der Waals surface area (Å²) in [6.07, 6.45) is 4.43. The second kappa shape index (κ2) is 5.59. The number of carbonyl (C=O) groups excluding carboxylic acids is 1. The number of nitrogens with one attached hydrogen (secondary N) is 2. The first kappa shape index (κ1) is 14.2. The van der Waals surface area contributed by atoms with E-state index in [1.54, 1.807) is 12.1 Å². The van der Waals surface area contributed by atoms with E-state index in [1.165, 1.54) is 31.6 Å². The minimum absolute atomic E-state index is 0.188. The lowest BCUT2D eigenvalue weighted by Gasteiger charge is -2.17. The SMILES string of the molecule is COc1nccnc1NNC(=O)C1(c2ccc(F)cc2)CC1. The van der Waals surface area contributed by atoms with Crippen molar-refractivity contribution in [2.75, 3.05) is 12.5 Å². The zero-order chi connectivity index (χ0) is 15.6. The van der Waals surface area contributed by atoms with Gasteiger partial charge in [0.25, 0.3) is 5.88 Å². The van der Waals surface area contributed by atoms with Gasteiger partial charge in [0.2, 0.25) is 11.7 Å². The molecule has 2 N–H and O–H groups in total. The van der Waals surface area contributed by atoms with Crippen molar-refractivity contribution in [3.63, 3.8) is 0 Å². The van der Waals surface area contributed by atoms with Gasteiger partial charge in [0.15, 0.2) is 0 Å². The zero-order valence-electron chi connectivity index (χ0n) is 12.0. The van der Waals surface area contributed by atoms with Crippen LogP contribution < -0.4 is 15.6 Å². The van der Waals surface area contributed by atoms with Crippen molar-refractivity contribution in [1.29, 1.82) is 0 Å². The number of anilines is 1. The lowest BCUT2D eigenvalue weighted by Crippen LogP contribution is -2.38. The van der Waals surface area contributed by atoms with E-state index < -0.39 is 5.41 Å². The van der Waals surface area contributed by atoms with E-state index in [1.807, 2.05) is 0 Å². The lowest BCUT2D eigenvalue weighted by molar-refractivity contribution is -0.123. The van der Waals surface area contributed by atoms with Gasteiger partial charge in [0, 0.05) is 12.4 Å². The van der Waals surface area contributed by atoms with Gasteiger partial charge >= 0.3 is 0 Å². The first-order chi connectivity index (χ1) is 10.7. The molecule has 114 valence electrons. The maximum absolute atomic E-state index is 13.0. The highest BCUT2D eigenvalue weighted by molar-refractivity contribution is 5.92. The minimum Gasteiger partial charge on any atom is -0.478 e. The summed E-state index contributed by atoms with van der Waals surface area (Å²) in [6, 6.07) is 6.01. The Kier molecular flexibility index (Phi) is 3.62. The van der Waals surface area contributed by atoms with Gasteiger partial charge in [-0.05, 0) is 30.5 Å². The molecule has 1 aromatic carbocycles.